The molecule has 0 aliphatic heterocycles. The van der Waals surface area contributed by atoms with Gasteiger partial charge in [-0.3, -0.25) is 4.99 Å². The number of hydrogen-bond acceptors (Lipinski definition) is 5. The molecule has 3 aromatic rings. The van der Waals surface area contributed by atoms with Gasteiger partial charge in [-0.2, -0.15) is 4.98 Å². The van der Waals surface area contributed by atoms with Gasteiger partial charge in [0.2, 0.25) is 11.7 Å². The molecule has 1 heterocycles. The zero-order valence-electron chi connectivity index (χ0n) is 15.0. The number of methoxy groups -OCH3 is 1. The van der Waals surface area contributed by atoms with Crippen molar-refractivity contribution >= 4 is 23.2 Å². The van der Waals surface area contributed by atoms with E-state index in [0.29, 0.717) is 29.0 Å². The van der Waals surface area contributed by atoms with Crippen LogP contribution >= 0.6 is 11.6 Å². The second kappa shape index (κ2) is 8.55. The minimum Gasteiger partial charge on any atom is -0.495 e. The van der Waals surface area contributed by atoms with Crippen LogP contribution in [0, 0.1) is 0 Å². The van der Waals surface area contributed by atoms with E-state index in [4.69, 9.17) is 26.6 Å². The first-order valence-electron chi connectivity index (χ1n) is 8.36. The molecule has 8 heteroatoms. The molecular formula is C19H20ClN5O2. The van der Waals surface area contributed by atoms with E-state index < -0.39 is 0 Å². The van der Waals surface area contributed by atoms with Crippen molar-refractivity contribution in [2.24, 2.45) is 10.7 Å². The average molecular weight is 386 g/mol. The van der Waals surface area contributed by atoms with Gasteiger partial charge in [-0.1, -0.05) is 54.0 Å². The summed E-state index contributed by atoms with van der Waals surface area (Å²) >= 11 is 6.10. The van der Waals surface area contributed by atoms with Crippen molar-refractivity contribution in [1.82, 2.24) is 10.1 Å². The van der Waals surface area contributed by atoms with Crippen LogP contribution in [0.1, 0.15) is 18.7 Å². The van der Waals surface area contributed by atoms with Crippen molar-refractivity contribution in [3.05, 3.63) is 59.4 Å². The summed E-state index contributed by atoms with van der Waals surface area (Å²) in [5.41, 5.74) is 7.57. The molecule has 0 saturated carbocycles. The zero-order valence-corrected chi connectivity index (χ0v) is 15.8. The van der Waals surface area contributed by atoms with Gasteiger partial charge >= 0.3 is 0 Å². The molecule has 2 aromatic carbocycles. The summed E-state index contributed by atoms with van der Waals surface area (Å²) in [6, 6.07) is 14.9. The summed E-state index contributed by atoms with van der Waals surface area (Å²) in [6.45, 7) is 2.35. The smallest absolute Gasteiger partial charge is 0.231 e. The van der Waals surface area contributed by atoms with Crippen LogP contribution < -0.4 is 15.8 Å². The molecule has 1 aromatic heterocycles. The van der Waals surface area contributed by atoms with Gasteiger partial charge in [0.25, 0.3) is 0 Å². The van der Waals surface area contributed by atoms with Gasteiger partial charge in [-0.15, -0.1) is 0 Å². The number of halogens is 1. The number of ether oxygens (including phenoxy) is 1. The Bertz CT molecular complexity index is 927. The molecule has 1 atom stereocenters. The fraction of sp³-hybridized carbons (Fsp3) is 0.211. The predicted molar refractivity (Wildman–Crippen MR) is 106 cm³/mol. The second-order valence-corrected chi connectivity index (χ2v) is 6.33. The van der Waals surface area contributed by atoms with Crippen molar-refractivity contribution in [3.63, 3.8) is 0 Å². The monoisotopic (exact) mass is 385 g/mol. The standard InChI is InChI=1S/C19H20ClN5O2/c1-12(18-24-17(25-27-18)13-6-4-3-5-7-13)11-22-19(21)23-14-8-9-16(26-2)15(20)10-14/h3-10,12H,11H2,1-2H3,(H3,21,22,23). The highest BCUT2D eigenvalue weighted by atomic mass is 35.5. The summed E-state index contributed by atoms with van der Waals surface area (Å²) in [5.74, 6) is 1.86. The lowest BCUT2D eigenvalue weighted by Gasteiger charge is -2.09. The normalized spacial score (nSPS) is 12.6. The quantitative estimate of drug-likeness (QED) is 0.492. The Balaban J connectivity index is 1.61. The van der Waals surface area contributed by atoms with Crippen LogP contribution in [0.4, 0.5) is 5.69 Å². The molecule has 0 saturated heterocycles. The number of aliphatic imine (C=N–C) groups is 1. The van der Waals surface area contributed by atoms with Gasteiger partial charge in [-0.05, 0) is 18.2 Å². The van der Waals surface area contributed by atoms with Crippen molar-refractivity contribution in [2.75, 3.05) is 19.0 Å². The summed E-state index contributed by atoms with van der Waals surface area (Å²) in [6.07, 6.45) is 0. The first kappa shape index (κ1) is 18.7. The summed E-state index contributed by atoms with van der Waals surface area (Å²) < 4.78 is 10.5. The third-order valence-corrected chi connectivity index (χ3v) is 4.15. The maximum Gasteiger partial charge on any atom is 0.231 e. The average Bonchev–Trinajstić information content (AvgIpc) is 3.17. The highest BCUT2D eigenvalue weighted by molar-refractivity contribution is 6.32. The number of nitrogens with one attached hydrogen (secondary N) is 1. The molecule has 140 valence electrons. The van der Waals surface area contributed by atoms with Crippen LogP contribution in [0.3, 0.4) is 0 Å². The molecule has 0 radical (unpaired) electrons. The van der Waals surface area contributed by atoms with Crippen LogP contribution in [-0.4, -0.2) is 29.8 Å². The number of rotatable bonds is 6. The van der Waals surface area contributed by atoms with Gasteiger partial charge in [0.05, 0.1) is 24.6 Å². The molecule has 0 spiro atoms. The molecule has 0 fully saturated rings. The van der Waals surface area contributed by atoms with E-state index in [1.165, 1.54) is 0 Å². The molecule has 0 amide bonds. The maximum absolute atomic E-state index is 6.10. The third kappa shape index (κ3) is 4.77. The highest BCUT2D eigenvalue weighted by Gasteiger charge is 2.15. The summed E-state index contributed by atoms with van der Waals surface area (Å²) in [5, 5.41) is 7.50. The van der Waals surface area contributed by atoms with E-state index in [2.05, 4.69) is 20.4 Å². The van der Waals surface area contributed by atoms with E-state index >= 15 is 0 Å². The molecule has 0 aliphatic carbocycles. The largest absolute Gasteiger partial charge is 0.495 e. The number of benzene rings is 2. The number of nitrogens with zero attached hydrogens (tertiary/aromatic N) is 3. The molecule has 1 unspecified atom stereocenters. The van der Waals surface area contributed by atoms with Crippen molar-refractivity contribution in [3.8, 4) is 17.1 Å². The number of guanidine groups is 1. The number of nitrogens with two attached hydrogens (primary N) is 1. The summed E-state index contributed by atoms with van der Waals surface area (Å²) in [7, 11) is 1.56. The lowest BCUT2D eigenvalue weighted by molar-refractivity contribution is 0.361. The van der Waals surface area contributed by atoms with Crippen molar-refractivity contribution < 1.29 is 9.26 Å². The van der Waals surface area contributed by atoms with E-state index in [9.17, 15) is 0 Å². The molecule has 27 heavy (non-hydrogen) atoms. The Hall–Kier alpha value is -3.06. The number of hydrogen-bond donors (Lipinski definition) is 2. The highest BCUT2D eigenvalue weighted by Crippen LogP contribution is 2.27. The predicted octanol–water partition coefficient (Wildman–Crippen LogP) is 3.93. The first-order valence-corrected chi connectivity index (χ1v) is 8.74. The second-order valence-electron chi connectivity index (χ2n) is 5.92. The van der Waals surface area contributed by atoms with E-state index in [1.54, 1.807) is 25.3 Å². The fourth-order valence-corrected chi connectivity index (χ4v) is 2.64. The van der Waals surface area contributed by atoms with E-state index in [1.807, 2.05) is 37.3 Å². The number of anilines is 1. The van der Waals surface area contributed by atoms with Gasteiger partial charge in [0.1, 0.15) is 5.75 Å². The fourth-order valence-electron chi connectivity index (χ4n) is 2.38. The molecular weight excluding hydrogens is 366 g/mol. The van der Waals surface area contributed by atoms with Gasteiger partial charge < -0.3 is 20.3 Å². The van der Waals surface area contributed by atoms with Crippen LogP contribution in [-0.2, 0) is 0 Å². The molecule has 3 rings (SSSR count). The lowest BCUT2D eigenvalue weighted by atomic mass is 10.2. The van der Waals surface area contributed by atoms with Crippen molar-refractivity contribution in [2.45, 2.75) is 12.8 Å². The zero-order chi connectivity index (χ0) is 19.2. The summed E-state index contributed by atoms with van der Waals surface area (Å²) in [4.78, 5) is 8.76. The van der Waals surface area contributed by atoms with E-state index in [-0.39, 0.29) is 11.9 Å². The van der Waals surface area contributed by atoms with Gasteiger partial charge in [-0.25, -0.2) is 0 Å². The van der Waals surface area contributed by atoms with Gasteiger partial charge in [0, 0.05) is 11.3 Å². The van der Waals surface area contributed by atoms with E-state index in [0.717, 1.165) is 11.3 Å². The Kier molecular flexibility index (Phi) is 5.93. The van der Waals surface area contributed by atoms with Crippen LogP contribution in [0.2, 0.25) is 5.02 Å². The first-order chi connectivity index (χ1) is 13.1. The Morgan fingerprint density at radius 2 is 2.07 bits per heavy atom. The van der Waals surface area contributed by atoms with Crippen LogP contribution in [0.5, 0.6) is 5.75 Å². The van der Waals surface area contributed by atoms with Crippen molar-refractivity contribution in [1.29, 1.82) is 0 Å². The maximum atomic E-state index is 6.10. The Labute approximate surface area is 162 Å². The SMILES string of the molecule is COc1ccc(NC(N)=NCC(C)c2nc(-c3ccccc3)no2)cc1Cl. The molecule has 0 aliphatic rings. The number of aromatic nitrogens is 2. The minimum atomic E-state index is -0.0743. The van der Waals surface area contributed by atoms with Crippen LogP contribution in [0.25, 0.3) is 11.4 Å². The minimum absolute atomic E-state index is 0.0743. The lowest BCUT2D eigenvalue weighted by Crippen LogP contribution is -2.23. The van der Waals surface area contributed by atoms with Crippen LogP contribution in [0.15, 0.2) is 58.0 Å². The Morgan fingerprint density at radius 1 is 1.30 bits per heavy atom. The molecule has 0 bridgehead atoms. The Morgan fingerprint density at radius 3 is 2.78 bits per heavy atom. The molecule has 3 N–H and O–H groups in total. The third-order valence-electron chi connectivity index (χ3n) is 3.85. The molecule has 7 nitrogen and oxygen atoms in total. The topological polar surface area (TPSA) is 98.6 Å². The van der Waals surface area contributed by atoms with Gasteiger partial charge in [0.15, 0.2) is 5.96 Å².